The third-order valence-corrected chi connectivity index (χ3v) is 17.0. The minimum absolute atomic E-state index is 0.115. The van der Waals surface area contributed by atoms with Crippen molar-refractivity contribution >= 4 is 39.2 Å². The third kappa shape index (κ3) is 11.9. The second-order valence-electron chi connectivity index (χ2n) is 23.4. The lowest BCUT2D eigenvalue weighted by atomic mass is 9.62. The number of hydrogen-bond acceptors (Lipinski definition) is 3. The fraction of sp³-hybridized carbons (Fsp3) is 0.567. The first kappa shape index (κ1) is 49.9. The van der Waals surface area contributed by atoms with Crippen molar-refractivity contribution in [3.63, 3.8) is 0 Å². The molecule has 6 rings (SSSR count). The zero-order valence-corrected chi connectivity index (χ0v) is 43.8. The molecule has 1 aromatic heterocycles. The molecule has 2 nitrogen and oxygen atoms in total. The van der Waals surface area contributed by atoms with Crippen molar-refractivity contribution < 1.29 is 0 Å². The lowest BCUT2D eigenvalue weighted by molar-refractivity contribution is 0.242. The highest BCUT2D eigenvalue weighted by Crippen LogP contribution is 2.49. The molecule has 3 atom stereocenters. The van der Waals surface area contributed by atoms with Gasteiger partial charge in [0.15, 0.2) is 0 Å². The molecule has 0 amide bonds. The van der Waals surface area contributed by atoms with Crippen LogP contribution in [0.4, 0.5) is 5.69 Å². The molecule has 0 N–H and O–H groups in total. The maximum atomic E-state index is 4.29. The Balaban J connectivity index is 1.53. The van der Waals surface area contributed by atoms with E-state index in [0.29, 0.717) is 23.2 Å². The summed E-state index contributed by atoms with van der Waals surface area (Å²) in [5, 5.41) is 1.37. The van der Waals surface area contributed by atoms with E-state index in [-0.39, 0.29) is 16.2 Å². The van der Waals surface area contributed by atoms with Crippen molar-refractivity contribution in [1.29, 1.82) is 0 Å². The molecule has 1 aromatic carbocycles. The summed E-state index contributed by atoms with van der Waals surface area (Å²) in [6.45, 7) is 38.8. The van der Waals surface area contributed by atoms with Crippen LogP contribution >= 0.6 is 11.3 Å². The van der Waals surface area contributed by atoms with E-state index >= 15 is 0 Å². The van der Waals surface area contributed by atoms with Crippen molar-refractivity contribution in [1.82, 2.24) is 4.90 Å². The van der Waals surface area contributed by atoms with Crippen LogP contribution in [0.1, 0.15) is 185 Å². The number of benzene rings is 1. The Morgan fingerprint density at radius 1 is 0.875 bits per heavy atom. The van der Waals surface area contributed by atoms with Crippen molar-refractivity contribution in [2.75, 3.05) is 11.4 Å². The van der Waals surface area contributed by atoms with Gasteiger partial charge in [-0.05, 0) is 183 Å². The number of allylic oxidation sites excluding steroid dienone is 13. The molecule has 4 heteroatoms. The van der Waals surface area contributed by atoms with Gasteiger partial charge in [-0.25, -0.2) is 0 Å². The van der Waals surface area contributed by atoms with Crippen LogP contribution in [-0.4, -0.2) is 18.7 Å². The second-order valence-corrected chi connectivity index (χ2v) is 24.5. The molecule has 4 aliphatic rings. The van der Waals surface area contributed by atoms with Crippen LogP contribution in [0, 0.1) is 28.6 Å². The van der Waals surface area contributed by atoms with Crippen LogP contribution in [0.15, 0.2) is 119 Å². The van der Waals surface area contributed by atoms with Gasteiger partial charge in [0.1, 0.15) is 0 Å². The highest BCUT2D eigenvalue weighted by Gasteiger charge is 2.38. The van der Waals surface area contributed by atoms with Gasteiger partial charge in [0.25, 0.3) is 0 Å². The van der Waals surface area contributed by atoms with Crippen LogP contribution in [0.2, 0.25) is 0 Å². The number of hydrogen-bond donors (Lipinski definition) is 0. The molecular weight excluding hydrogens is 792 g/mol. The fourth-order valence-corrected chi connectivity index (χ4v) is 11.8. The minimum Gasteiger partial charge on any atom is -0.337 e. The Morgan fingerprint density at radius 3 is 2.22 bits per heavy atom. The second kappa shape index (κ2) is 20.6. The molecule has 1 radical (unpaired) electrons. The maximum absolute atomic E-state index is 4.29. The van der Waals surface area contributed by atoms with Crippen LogP contribution < -0.4 is 9.68 Å². The van der Waals surface area contributed by atoms with Crippen molar-refractivity contribution in [2.45, 2.75) is 185 Å². The molecule has 2 aromatic rings. The summed E-state index contributed by atoms with van der Waals surface area (Å²) in [6, 6.07) is 5.20. The first-order chi connectivity index (χ1) is 30.1. The van der Waals surface area contributed by atoms with E-state index in [1.165, 1.54) is 113 Å². The van der Waals surface area contributed by atoms with Gasteiger partial charge in [0.05, 0.1) is 5.69 Å². The molecule has 2 heterocycles. The van der Waals surface area contributed by atoms with Crippen molar-refractivity contribution in [2.24, 2.45) is 28.6 Å². The fourth-order valence-electron chi connectivity index (χ4n) is 10.7. The number of rotatable bonds is 13. The van der Waals surface area contributed by atoms with Crippen LogP contribution in [0.3, 0.4) is 0 Å². The normalized spacial score (nSPS) is 26.4. The molecule has 3 aliphatic carbocycles. The van der Waals surface area contributed by atoms with Gasteiger partial charge >= 0.3 is 0 Å². The van der Waals surface area contributed by atoms with E-state index in [1.807, 2.05) is 17.4 Å². The SMILES string of the molecule is C=C/C=C1\C=C\N(/C=C/CC(C)(C)CCC(C)(C)C/C=C/C)/C(C)=C(/C=C2\CC(C)CCC2C)[B]c2sc3cc4c(cc3c2N1C/C=C\C1=C(C)C(C)CCC1)C(C)(C)CCC4(C)C. The van der Waals surface area contributed by atoms with E-state index in [2.05, 4.69) is 194 Å². The molecule has 0 bridgehead atoms. The van der Waals surface area contributed by atoms with Crippen LogP contribution in [0.5, 0.6) is 0 Å². The zero-order chi connectivity index (χ0) is 46.6. The summed E-state index contributed by atoms with van der Waals surface area (Å²) in [7, 11) is 2.57. The van der Waals surface area contributed by atoms with Gasteiger partial charge in [-0.15, -0.1) is 11.3 Å². The molecule has 0 spiro atoms. The summed E-state index contributed by atoms with van der Waals surface area (Å²) in [5.74, 6) is 1.95. The predicted molar refractivity (Wildman–Crippen MR) is 287 cm³/mol. The maximum Gasteiger partial charge on any atom is 0.210 e. The quantitative estimate of drug-likeness (QED) is 0.146. The highest BCUT2D eigenvalue weighted by molar-refractivity contribution is 7.29. The van der Waals surface area contributed by atoms with E-state index in [4.69, 9.17) is 0 Å². The largest absolute Gasteiger partial charge is 0.337 e. The summed E-state index contributed by atoms with van der Waals surface area (Å²) in [6.07, 6.45) is 40.2. The lowest BCUT2D eigenvalue weighted by Gasteiger charge is -2.42. The van der Waals surface area contributed by atoms with Gasteiger partial charge in [-0.2, -0.15) is 0 Å². The van der Waals surface area contributed by atoms with Crippen LogP contribution in [-0.2, 0) is 10.8 Å². The minimum atomic E-state index is 0.115. The first-order valence-electron chi connectivity index (χ1n) is 25.2. The van der Waals surface area contributed by atoms with Gasteiger partial charge in [-0.3, -0.25) is 0 Å². The Kier molecular flexibility index (Phi) is 16.0. The molecule has 3 unspecified atom stereocenters. The van der Waals surface area contributed by atoms with Crippen molar-refractivity contribution in [3.05, 3.63) is 131 Å². The van der Waals surface area contributed by atoms with Gasteiger partial charge in [0, 0.05) is 40.4 Å². The number of anilines is 1. The average Bonchev–Trinajstić information content (AvgIpc) is 3.59. The highest BCUT2D eigenvalue weighted by atomic mass is 32.1. The smallest absolute Gasteiger partial charge is 0.210 e. The van der Waals surface area contributed by atoms with E-state index in [9.17, 15) is 0 Å². The molecular formula is C60H86BN2S. The van der Waals surface area contributed by atoms with Gasteiger partial charge < -0.3 is 9.80 Å². The molecule has 1 saturated carbocycles. The first-order valence-corrected chi connectivity index (χ1v) is 26.1. The monoisotopic (exact) mass is 878 g/mol. The van der Waals surface area contributed by atoms with Gasteiger partial charge in [0.2, 0.25) is 7.28 Å². The number of fused-ring (bicyclic) bond motifs is 4. The summed E-state index contributed by atoms with van der Waals surface area (Å²) >= 11 is 1.99. The van der Waals surface area contributed by atoms with Crippen molar-refractivity contribution in [3.8, 4) is 0 Å². The van der Waals surface area contributed by atoms with E-state index in [1.54, 1.807) is 11.1 Å². The summed E-state index contributed by atoms with van der Waals surface area (Å²) in [4.78, 5) is 5.02. The van der Waals surface area contributed by atoms with E-state index < -0.39 is 0 Å². The Bertz CT molecular complexity index is 2260. The third-order valence-electron chi connectivity index (χ3n) is 15.9. The standard InChI is InChI=1S/C60H86BN2S/c1-16-18-29-57(8,9)31-32-58(10,11)30-21-35-62-37-28-49(22-17-2)63(36-20-25-47-24-19-23-43(4)45(47)6)55-50-40-51-52(60(14,15)34-33-59(51,12)13)41-54(50)64-56(55)61-53(46(62)7)39-48-38-42(3)26-27-44(48)5/h16-18,20-22,25,28,35,37,39-44H,2,19,23-24,26-27,29-34,36,38H2,1,3-15H3/b18-16+,25-20-,35-21+,37-28+,48-39+,49-22+,53-46-. The topological polar surface area (TPSA) is 6.48 Å². The molecule has 1 aliphatic heterocycles. The number of thiophene rings is 1. The summed E-state index contributed by atoms with van der Waals surface area (Å²) in [5.41, 5.74) is 13.5. The Hall–Kier alpha value is -3.50. The zero-order valence-electron chi connectivity index (χ0n) is 43.0. The Morgan fingerprint density at radius 2 is 1.55 bits per heavy atom. The lowest BCUT2D eigenvalue weighted by Crippen LogP contribution is -2.33. The predicted octanol–water partition coefficient (Wildman–Crippen LogP) is 17.3. The number of nitrogens with zero attached hydrogens (tertiary/aromatic N) is 2. The molecule has 64 heavy (non-hydrogen) atoms. The Labute approximate surface area is 397 Å². The molecule has 345 valence electrons. The van der Waals surface area contributed by atoms with Gasteiger partial charge in [-0.1, -0.05) is 142 Å². The van der Waals surface area contributed by atoms with Crippen LogP contribution in [0.25, 0.3) is 10.1 Å². The molecule has 1 fully saturated rings. The molecule has 0 saturated heterocycles. The van der Waals surface area contributed by atoms with E-state index in [0.717, 1.165) is 25.1 Å². The summed E-state index contributed by atoms with van der Waals surface area (Å²) < 4.78 is 2.72. The average molecular weight is 878 g/mol.